The van der Waals surface area contributed by atoms with E-state index in [-0.39, 0.29) is 11.0 Å². The summed E-state index contributed by atoms with van der Waals surface area (Å²) in [6.45, 7) is 5.27. The summed E-state index contributed by atoms with van der Waals surface area (Å²) in [5.74, 6) is 1.18. The number of thioether (sulfide) groups is 1. The molecule has 1 N–H and O–H groups in total. The highest BCUT2D eigenvalue weighted by atomic mass is 32.2. The summed E-state index contributed by atoms with van der Waals surface area (Å²) in [5, 5.41) is 3.28. The van der Waals surface area contributed by atoms with E-state index in [1.54, 1.807) is 11.8 Å². The third kappa shape index (κ3) is 1.85. The minimum Gasteiger partial charge on any atom is -0.314 e. The molecule has 0 aliphatic carbocycles. The third-order valence-electron chi connectivity index (χ3n) is 1.45. The van der Waals surface area contributed by atoms with Crippen molar-refractivity contribution in [3.8, 4) is 0 Å². The van der Waals surface area contributed by atoms with Crippen LogP contribution in [-0.2, 0) is 4.79 Å². The van der Waals surface area contributed by atoms with E-state index in [1.807, 2.05) is 0 Å². The van der Waals surface area contributed by atoms with E-state index in [4.69, 9.17) is 0 Å². The molecule has 10 heavy (non-hydrogen) atoms. The Labute approximate surface area is 65.1 Å². The van der Waals surface area contributed by atoms with Crippen molar-refractivity contribution in [2.75, 3.05) is 18.8 Å². The van der Waals surface area contributed by atoms with E-state index in [0.29, 0.717) is 0 Å². The van der Waals surface area contributed by atoms with Crippen LogP contribution in [0.3, 0.4) is 0 Å². The van der Waals surface area contributed by atoms with Crippen molar-refractivity contribution < 1.29 is 4.79 Å². The van der Waals surface area contributed by atoms with E-state index in [1.165, 1.54) is 6.08 Å². The van der Waals surface area contributed by atoms with Crippen LogP contribution in [0.15, 0.2) is 12.7 Å². The molecular weight excluding hydrogens is 146 g/mol. The molecule has 0 saturated carbocycles. The molecule has 0 aromatic heterocycles. The molecule has 1 rings (SSSR count). The number of nitrogens with one attached hydrogen (secondary N) is 1. The van der Waals surface area contributed by atoms with E-state index >= 15 is 0 Å². The Bertz CT molecular complexity index is 141. The molecule has 1 heterocycles. The first-order valence-corrected chi connectivity index (χ1v) is 4.38. The molecule has 1 aliphatic heterocycles. The van der Waals surface area contributed by atoms with Gasteiger partial charge in [0.25, 0.3) is 0 Å². The summed E-state index contributed by atoms with van der Waals surface area (Å²) < 4.78 is 0. The van der Waals surface area contributed by atoms with Gasteiger partial charge in [0.15, 0.2) is 5.78 Å². The monoisotopic (exact) mass is 157 g/mol. The van der Waals surface area contributed by atoms with Crippen molar-refractivity contribution in [3.63, 3.8) is 0 Å². The maximum atomic E-state index is 11.0. The Morgan fingerprint density at radius 2 is 2.60 bits per heavy atom. The lowest BCUT2D eigenvalue weighted by atomic mass is 10.2. The van der Waals surface area contributed by atoms with Crippen LogP contribution < -0.4 is 5.32 Å². The van der Waals surface area contributed by atoms with Crippen molar-refractivity contribution in [3.05, 3.63) is 12.7 Å². The predicted octanol–water partition coefficient (Wildman–Crippen LogP) is 0.446. The van der Waals surface area contributed by atoms with Crippen LogP contribution in [0.5, 0.6) is 0 Å². The summed E-state index contributed by atoms with van der Waals surface area (Å²) in [6, 6.07) is 0. The van der Waals surface area contributed by atoms with Crippen LogP contribution >= 0.6 is 11.8 Å². The quantitative estimate of drug-likeness (QED) is 0.590. The Morgan fingerprint density at radius 3 is 3.10 bits per heavy atom. The predicted molar refractivity (Wildman–Crippen MR) is 44.3 cm³/mol. The summed E-state index contributed by atoms with van der Waals surface area (Å²) in [5.41, 5.74) is 0. The fourth-order valence-corrected chi connectivity index (χ4v) is 1.92. The molecule has 3 heteroatoms. The summed E-state index contributed by atoms with van der Waals surface area (Å²) in [7, 11) is 0. The third-order valence-corrected chi connectivity index (χ3v) is 2.69. The number of rotatable bonds is 2. The smallest absolute Gasteiger partial charge is 0.169 e. The number of allylic oxidation sites excluding steroid dienone is 1. The highest BCUT2D eigenvalue weighted by Gasteiger charge is 2.18. The molecule has 1 aliphatic rings. The average Bonchev–Trinajstić information content (AvgIpc) is 2.05. The highest BCUT2D eigenvalue weighted by molar-refractivity contribution is 8.00. The lowest BCUT2D eigenvalue weighted by Crippen LogP contribution is -2.36. The van der Waals surface area contributed by atoms with Gasteiger partial charge in [-0.25, -0.2) is 0 Å². The molecular formula is C7H11NOS. The Morgan fingerprint density at radius 1 is 1.80 bits per heavy atom. The molecule has 0 spiro atoms. The molecule has 0 amide bonds. The molecule has 1 atom stereocenters. The minimum absolute atomic E-state index is 0.117. The Kier molecular flexibility index (Phi) is 2.96. The van der Waals surface area contributed by atoms with E-state index in [2.05, 4.69) is 11.9 Å². The van der Waals surface area contributed by atoms with Crippen molar-refractivity contribution in [2.45, 2.75) is 5.25 Å². The van der Waals surface area contributed by atoms with Crippen LogP contribution in [0.25, 0.3) is 0 Å². The van der Waals surface area contributed by atoms with Crippen LogP contribution in [0.4, 0.5) is 0 Å². The summed E-state index contributed by atoms with van der Waals surface area (Å²) >= 11 is 1.71. The van der Waals surface area contributed by atoms with Gasteiger partial charge >= 0.3 is 0 Å². The maximum absolute atomic E-state index is 11.0. The molecule has 1 saturated heterocycles. The fraction of sp³-hybridized carbons (Fsp3) is 0.571. The molecule has 0 aromatic rings. The maximum Gasteiger partial charge on any atom is 0.169 e. The lowest BCUT2D eigenvalue weighted by molar-refractivity contribution is -0.114. The molecule has 2 nitrogen and oxygen atoms in total. The van der Waals surface area contributed by atoms with Gasteiger partial charge in [0, 0.05) is 18.8 Å². The standard InChI is InChI=1S/C7H11NOS/c1-2-6(9)7-5-8-3-4-10-7/h2,7-8H,1,3-5H2. The number of carbonyl (C=O) groups excluding carboxylic acids is 1. The van der Waals surface area contributed by atoms with Gasteiger partial charge in [-0.3, -0.25) is 4.79 Å². The zero-order valence-electron chi connectivity index (χ0n) is 5.80. The zero-order chi connectivity index (χ0) is 7.40. The van der Waals surface area contributed by atoms with Gasteiger partial charge in [-0.05, 0) is 6.08 Å². The van der Waals surface area contributed by atoms with Gasteiger partial charge in [-0.15, -0.1) is 11.8 Å². The Balaban J connectivity index is 2.38. The van der Waals surface area contributed by atoms with E-state index in [9.17, 15) is 4.79 Å². The number of hydrogen-bond acceptors (Lipinski definition) is 3. The topological polar surface area (TPSA) is 29.1 Å². The highest BCUT2D eigenvalue weighted by Crippen LogP contribution is 2.13. The molecule has 0 bridgehead atoms. The molecule has 56 valence electrons. The summed E-state index contributed by atoms with van der Waals surface area (Å²) in [6.07, 6.45) is 1.41. The lowest BCUT2D eigenvalue weighted by Gasteiger charge is -2.19. The van der Waals surface area contributed by atoms with Gasteiger partial charge < -0.3 is 5.32 Å². The fourth-order valence-electron chi connectivity index (χ4n) is 0.880. The first-order valence-electron chi connectivity index (χ1n) is 3.33. The van der Waals surface area contributed by atoms with Crippen molar-refractivity contribution in [1.82, 2.24) is 5.32 Å². The first-order chi connectivity index (χ1) is 4.84. The second kappa shape index (κ2) is 3.78. The van der Waals surface area contributed by atoms with Crippen LogP contribution in [0.2, 0.25) is 0 Å². The van der Waals surface area contributed by atoms with E-state index in [0.717, 1.165) is 18.8 Å². The SMILES string of the molecule is C=CC(=O)C1CNCCS1. The van der Waals surface area contributed by atoms with Gasteiger partial charge in [0.1, 0.15) is 0 Å². The van der Waals surface area contributed by atoms with Crippen molar-refractivity contribution in [2.24, 2.45) is 0 Å². The van der Waals surface area contributed by atoms with Gasteiger partial charge in [0.2, 0.25) is 0 Å². The number of carbonyl (C=O) groups is 1. The minimum atomic E-state index is 0.117. The molecule has 0 aromatic carbocycles. The van der Waals surface area contributed by atoms with Crippen LogP contribution in [0, 0.1) is 0 Å². The first kappa shape index (κ1) is 7.82. The average molecular weight is 157 g/mol. The second-order valence-corrected chi connectivity index (χ2v) is 3.48. The van der Waals surface area contributed by atoms with Crippen molar-refractivity contribution >= 4 is 17.5 Å². The van der Waals surface area contributed by atoms with Gasteiger partial charge in [-0.2, -0.15) is 0 Å². The van der Waals surface area contributed by atoms with Crippen molar-refractivity contribution in [1.29, 1.82) is 0 Å². The number of ketones is 1. The van der Waals surface area contributed by atoms with Crippen LogP contribution in [-0.4, -0.2) is 29.9 Å². The van der Waals surface area contributed by atoms with Gasteiger partial charge in [0.05, 0.1) is 5.25 Å². The van der Waals surface area contributed by atoms with E-state index < -0.39 is 0 Å². The molecule has 1 fully saturated rings. The van der Waals surface area contributed by atoms with Crippen LogP contribution in [0.1, 0.15) is 0 Å². The summed E-state index contributed by atoms with van der Waals surface area (Å²) in [4.78, 5) is 11.0. The molecule has 0 radical (unpaired) electrons. The second-order valence-electron chi connectivity index (χ2n) is 2.17. The zero-order valence-corrected chi connectivity index (χ0v) is 6.62. The largest absolute Gasteiger partial charge is 0.314 e. The normalized spacial score (nSPS) is 25.8. The van der Waals surface area contributed by atoms with Gasteiger partial charge in [-0.1, -0.05) is 6.58 Å². The Hall–Kier alpha value is -0.280. The number of hydrogen-bond donors (Lipinski definition) is 1. The molecule has 1 unspecified atom stereocenters.